The van der Waals surface area contributed by atoms with Crippen LogP contribution in [-0.2, 0) is 6.54 Å². The average molecular weight is 269 g/mol. The van der Waals surface area contributed by atoms with Gasteiger partial charge in [-0.1, -0.05) is 31.2 Å². The second-order valence-electron chi connectivity index (χ2n) is 5.09. The molecule has 0 saturated carbocycles. The first-order valence-corrected chi connectivity index (χ1v) is 7.22. The summed E-state index contributed by atoms with van der Waals surface area (Å²) < 4.78 is 5.59. The van der Waals surface area contributed by atoms with Gasteiger partial charge < -0.3 is 10.1 Å². The summed E-state index contributed by atoms with van der Waals surface area (Å²) in [5.41, 5.74) is 5.10. The molecule has 2 aromatic carbocycles. The second-order valence-corrected chi connectivity index (χ2v) is 5.09. The van der Waals surface area contributed by atoms with Crippen LogP contribution in [0.3, 0.4) is 0 Å². The molecule has 2 aromatic rings. The van der Waals surface area contributed by atoms with Gasteiger partial charge in [0.15, 0.2) is 0 Å². The molecule has 0 bridgehead atoms. The van der Waals surface area contributed by atoms with Crippen molar-refractivity contribution in [3.63, 3.8) is 0 Å². The predicted molar refractivity (Wildman–Crippen MR) is 85.5 cm³/mol. The first kappa shape index (κ1) is 14.4. The van der Waals surface area contributed by atoms with Crippen LogP contribution in [-0.4, -0.2) is 6.61 Å². The van der Waals surface area contributed by atoms with E-state index < -0.39 is 0 Å². The number of anilines is 1. The van der Waals surface area contributed by atoms with E-state index in [1.54, 1.807) is 0 Å². The van der Waals surface area contributed by atoms with E-state index in [-0.39, 0.29) is 0 Å². The van der Waals surface area contributed by atoms with Crippen LogP contribution in [0, 0.1) is 13.8 Å². The highest BCUT2D eigenvalue weighted by atomic mass is 16.5. The van der Waals surface area contributed by atoms with Crippen molar-refractivity contribution in [2.24, 2.45) is 0 Å². The molecule has 2 heteroatoms. The fourth-order valence-electron chi connectivity index (χ4n) is 2.06. The zero-order valence-electron chi connectivity index (χ0n) is 12.6. The van der Waals surface area contributed by atoms with Crippen LogP contribution >= 0.6 is 0 Å². The van der Waals surface area contributed by atoms with E-state index in [2.05, 4.69) is 56.4 Å². The van der Waals surface area contributed by atoms with Gasteiger partial charge in [-0.05, 0) is 55.2 Å². The van der Waals surface area contributed by atoms with Gasteiger partial charge in [0.1, 0.15) is 5.75 Å². The highest BCUT2D eigenvalue weighted by Gasteiger charge is 2.00. The number of benzene rings is 2. The molecule has 2 rings (SSSR count). The van der Waals surface area contributed by atoms with Crippen LogP contribution in [0.1, 0.15) is 30.0 Å². The Labute approximate surface area is 121 Å². The van der Waals surface area contributed by atoms with Crippen molar-refractivity contribution < 1.29 is 4.74 Å². The van der Waals surface area contributed by atoms with Crippen LogP contribution in [0.4, 0.5) is 5.69 Å². The standard InChI is InChI=1S/C18H23NO/c1-4-12-20-17-10-8-16(9-11-17)13-19-18-7-5-6-14(2)15(18)3/h5-11,19H,4,12-13H2,1-3H3. The molecule has 0 aromatic heterocycles. The molecule has 0 spiro atoms. The monoisotopic (exact) mass is 269 g/mol. The van der Waals surface area contributed by atoms with Crippen LogP contribution in [0.15, 0.2) is 42.5 Å². The summed E-state index contributed by atoms with van der Waals surface area (Å²) in [5.74, 6) is 0.947. The molecular weight excluding hydrogens is 246 g/mol. The second kappa shape index (κ2) is 6.99. The maximum atomic E-state index is 5.59. The Morgan fingerprint density at radius 1 is 1.00 bits per heavy atom. The quantitative estimate of drug-likeness (QED) is 0.820. The molecule has 2 nitrogen and oxygen atoms in total. The van der Waals surface area contributed by atoms with Gasteiger partial charge in [0.2, 0.25) is 0 Å². The Hall–Kier alpha value is -1.96. The average Bonchev–Trinajstić information content (AvgIpc) is 2.48. The SMILES string of the molecule is CCCOc1ccc(CNc2cccc(C)c2C)cc1. The topological polar surface area (TPSA) is 21.3 Å². The number of ether oxygens (including phenoxy) is 1. The number of rotatable bonds is 6. The number of nitrogens with one attached hydrogen (secondary N) is 1. The van der Waals surface area contributed by atoms with E-state index in [0.29, 0.717) is 0 Å². The molecule has 0 atom stereocenters. The van der Waals surface area contributed by atoms with Crippen molar-refractivity contribution in [1.82, 2.24) is 0 Å². The third-order valence-corrected chi connectivity index (χ3v) is 3.48. The van der Waals surface area contributed by atoms with Crippen LogP contribution < -0.4 is 10.1 Å². The molecule has 0 fully saturated rings. The molecule has 0 amide bonds. The van der Waals surface area contributed by atoms with Crippen molar-refractivity contribution in [1.29, 1.82) is 0 Å². The number of aryl methyl sites for hydroxylation is 1. The smallest absolute Gasteiger partial charge is 0.119 e. The van der Waals surface area contributed by atoms with Gasteiger partial charge in [0, 0.05) is 12.2 Å². The molecular formula is C18H23NO. The number of hydrogen-bond acceptors (Lipinski definition) is 2. The van der Waals surface area contributed by atoms with E-state index in [0.717, 1.165) is 25.3 Å². The first-order chi connectivity index (χ1) is 9.70. The largest absolute Gasteiger partial charge is 0.494 e. The minimum absolute atomic E-state index is 0.778. The van der Waals surface area contributed by atoms with Crippen molar-refractivity contribution in [2.75, 3.05) is 11.9 Å². The van der Waals surface area contributed by atoms with E-state index in [9.17, 15) is 0 Å². The first-order valence-electron chi connectivity index (χ1n) is 7.22. The number of hydrogen-bond donors (Lipinski definition) is 1. The summed E-state index contributed by atoms with van der Waals surface area (Å²) in [6.07, 6.45) is 1.04. The molecule has 0 aliphatic heterocycles. The molecule has 1 N–H and O–H groups in total. The lowest BCUT2D eigenvalue weighted by Crippen LogP contribution is -2.02. The molecule has 0 aliphatic carbocycles. The lowest BCUT2D eigenvalue weighted by atomic mass is 10.1. The van der Waals surface area contributed by atoms with Gasteiger partial charge >= 0.3 is 0 Å². The predicted octanol–water partition coefficient (Wildman–Crippen LogP) is 4.70. The third-order valence-electron chi connectivity index (χ3n) is 3.48. The fourth-order valence-corrected chi connectivity index (χ4v) is 2.06. The molecule has 0 saturated heterocycles. The lowest BCUT2D eigenvalue weighted by Gasteiger charge is -2.12. The van der Waals surface area contributed by atoms with Gasteiger partial charge in [0.05, 0.1) is 6.61 Å². The van der Waals surface area contributed by atoms with E-state index >= 15 is 0 Å². The molecule has 20 heavy (non-hydrogen) atoms. The summed E-state index contributed by atoms with van der Waals surface area (Å²) in [6, 6.07) is 14.7. The minimum atomic E-state index is 0.778. The Bertz CT molecular complexity index is 546. The van der Waals surface area contributed by atoms with Crippen molar-refractivity contribution in [3.8, 4) is 5.75 Å². The Morgan fingerprint density at radius 3 is 2.45 bits per heavy atom. The highest BCUT2D eigenvalue weighted by Crippen LogP contribution is 2.19. The Balaban J connectivity index is 1.95. The summed E-state index contributed by atoms with van der Waals surface area (Å²) in [5, 5.41) is 3.49. The van der Waals surface area contributed by atoms with E-state index in [4.69, 9.17) is 4.74 Å². The summed E-state index contributed by atoms with van der Waals surface area (Å²) in [6.45, 7) is 8.01. The van der Waals surface area contributed by atoms with Gasteiger partial charge in [-0.3, -0.25) is 0 Å². The van der Waals surface area contributed by atoms with Crippen LogP contribution in [0.5, 0.6) is 5.75 Å². The Kier molecular flexibility index (Phi) is 5.05. The summed E-state index contributed by atoms with van der Waals surface area (Å²) >= 11 is 0. The zero-order chi connectivity index (χ0) is 14.4. The van der Waals surface area contributed by atoms with Crippen LogP contribution in [0.2, 0.25) is 0 Å². The van der Waals surface area contributed by atoms with E-state index in [1.165, 1.54) is 22.4 Å². The van der Waals surface area contributed by atoms with E-state index in [1.807, 2.05) is 12.1 Å². The van der Waals surface area contributed by atoms with Crippen molar-refractivity contribution in [3.05, 3.63) is 59.2 Å². The Morgan fingerprint density at radius 2 is 1.75 bits per heavy atom. The maximum Gasteiger partial charge on any atom is 0.119 e. The highest BCUT2D eigenvalue weighted by molar-refractivity contribution is 5.53. The molecule has 0 radical (unpaired) electrons. The minimum Gasteiger partial charge on any atom is -0.494 e. The van der Waals surface area contributed by atoms with Gasteiger partial charge in [0.25, 0.3) is 0 Å². The molecule has 0 heterocycles. The van der Waals surface area contributed by atoms with Gasteiger partial charge in [-0.25, -0.2) is 0 Å². The normalized spacial score (nSPS) is 10.3. The fraction of sp³-hybridized carbons (Fsp3) is 0.333. The third kappa shape index (κ3) is 3.77. The molecule has 106 valence electrons. The molecule has 0 aliphatic rings. The maximum absolute atomic E-state index is 5.59. The van der Waals surface area contributed by atoms with Crippen molar-refractivity contribution >= 4 is 5.69 Å². The van der Waals surface area contributed by atoms with Crippen LogP contribution in [0.25, 0.3) is 0 Å². The van der Waals surface area contributed by atoms with Crippen molar-refractivity contribution in [2.45, 2.75) is 33.7 Å². The molecule has 0 unspecified atom stereocenters. The summed E-state index contributed by atoms with van der Waals surface area (Å²) in [4.78, 5) is 0. The van der Waals surface area contributed by atoms with Gasteiger partial charge in [-0.2, -0.15) is 0 Å². The zero-order valence-corrected chi connectivity index (χ0v) is 12.6. The lowest BCUT2D eigenvalue weighted by molar-refractivity contribution is 0.317. The van der Waals surface area contributed by atoms with Gasteiger partial charge in [-0.15, -0.1) is 0 Å². The summed E-state index contributed by atoms with van der Waals surface area (Å²) in [7, 11) is 0.